The summed E-state index contributed by atoms with van der Waals surface area (Å²) in [4.78, 5) is 14.6. The molecule has 1 spiro atoms. The van der Waals surface area contributed by atoms with Crippen LogP contribution >= 0.6 is 11.6 Å². The molecule has 25 heavy (non-hydrogen) atoms. The summed E-state index contributed by atoms with van der Waals surface area (Å²) in [6, 6.07) is 8.55. The number of para-hydroxylation sites is 1. The summed E-state index contributed by atoms with van der Waals surface area (Å²) in [5.41, 5.74) is 3.70. The van der Waals surface area contributed by atoms with E-state index >= 15 is 0 Å². The van der Waals surface area contributed by atoms with Gasteiger partial charge in [0.15, 0.2) is 0 Å². The largest absolute Gasteiger partial charge is 0.368 e. The fourth-order valence-corrected chi connectivity index (χ4v) is 4.30. The third kappa shape index (κ3) is 2.41. The quantitative estimate of drug-likeness (QED) is 0.724. The topological polar surface area (TPSA) is 54.0 Å². The average Bonchev–Trinajstić information content (AvgIpc) is 3.04. The number of nitrogens with one attached hydrogen (secondary N) is 1. The second kappa shape index (κ2) is 5.71. The van der Waals surface area contributed by atoms with E-state index in [0.29, 0.717) is 5.02 Å². The Hall–Kier alpha value is -2.11. The minimum Gasteiger partial charge on any atom is -0.368 e. The Balaban J connectivity index is 1.46. The molecule has 0 radical (unpaired) electrons. The molecule has 1 saturated heterocycles. The van der Waals surface area contributed by atoms with Crippen molar-refractivity contribution in [1.82, 2.24) is 15.0 Å². The van der Waals surface area contributed by atoms with E-state index in [2.05, 4.69) is 44.1 Å². The van der Waals surface area contributed by atoms with Gasteiger partial charge in [0.05, 0.1) is 29.7 Å². The van der Waals surface area contributed by atoms with Crippen LogP contribution in [-0.2, 0) is 16.8 Å². The molecule has 6 heteroatoms. The van der Waals surface area contributed by atoms with Crippen LogP contribution in [0.1, 0.15) is 24.1 Å². The molecule has 0 amide bonds. The number of aromatic nitrogens is 3. The lowest BCUT2D eigenvalue weighted by Crippen LogP contribution is -2.47. The highest BCUT2D eigenvalue weighted by Crippen LogP contribution is 2.43. The van der Waals surface area contributed by atoms with Gasteiger partial charge in [0.2, 0.25) is 5.95 Å². The molecule has 128 valence electrons. The van der Waals surface area contributed by atoms with Crippen LogP contribution in [0.5, 0.6) is 0 Å². The van der Waals surface area contributed by atoms with Gasteiger partial charge >= 0.3 is 0 Å². The van der Waals surface area contributed by atoms with Crippen molar-refractivity contribution < 1.29 is 4.74 Å². The molecule has 0 saturated carbocycles. The van der Waals surface area contributed by atoms with Crippen LogP contribution in [0.25, 0.3) is 10.9 Å². The first-order valence-corrected chi connectivity index (χ1v) is 9.09. The van der Waals surface area contributed by atoms with Crippen molar-refractivity contribution in [2.75, 3.05) is 24.6 Å². The lowest BCUT2D eigenvalue weighted by molar-refractivity contribution is -0.0791. The highest BCUT2D eigenvalue weighted by molar-refractivity contribution is 6.30. The molecule has 1 aromatic carbocycles. The fraction of sp³-hybridized carbons (Fsp3) is 0.368. The maximum absolute atomic E-state index is 6.35. The third-order valence-electron chi connectivity index (χ3n) is 5.46. The van der Waals surface area contributed by atoms with Gasteiger partial charge in [-0.15, -0.1) is 0 Å². The molecule has 2 aromatic heterocycles. The first-order valence-electron chi connectivity index (χ1n) is 8.72. The predicted octanol–water partition coefficient (Wildman–Crippen LogP) is 3.68. The molecule has 2 aliphatic rings. The molecule has 1 N–H and O–H groups in total. The Bertz CT molecular complexity index is 913. The van der Waals surface area contributed by atoms with Gasteiger partial charge in [-0.05, 0) is 30.9 Å². The van der Waals surface area contributed by atoms with Crippen molar-refractivity contribution in [2.24, 2.45) is 0 Å². The number of ether oxygens (including phenoxy) is 1. The highest BCUT2D eigenvalue weighted by Gasteiger charge is 2.43. The third-order valence-corrected chi connectivity index (χ3v) is 5.66. The smallest absolute Gasteiger partial charge is 0.225 e. The number of hydrogen-bond donors (Lipinski definition) is 1. The summed E-state index contributed by atoms with van der Waals surface area (Å²) in [6.07, 6.45) is 6.14. The van der Waals surface area contributed by atoms with Crippen LogP contribution < -0.4 is 4.90 Å². The van der Waals surface area contributed by atoms with Crippen LogP contribution in [0, 0.1) is 0 Å². The van der Waals surface area contributed by atoms with Crippen LogP contribution in [0.15, 0.2) is 36.7 Å². The van der Waals surface area contributed by atoms with Gasteiger partial charge in [-0.3, -0.25) is 0 Å². The Kier molecular flexibility index (Phi) is 3.47. The lowest BCUT2D eigenvalue weighted by atomic mass is 9.83. The van der Waals surface area contributed by atoms with Crippen molar-refractivity contribution in [3.05, 3.63) is 52.9 Å². The van der Waals surface area contributed by atoms with Gasteiger partial charge in [0.25, 0.3) is 0 Å². The van der Waals surface area contributed by atoms with E-state index in [1.165, 1.54) is 22.2 Å². The molecule has 0 atom stereocenters. The summed E-state index contributed by atoms with van der Waals surface area (Å²) >= 11 is 5.89. The van der Waals surface area contributed by atoms with Gasteiger partial charge in [-0.1, -0.05) is 29.8 Å². The zero-order valence-electron chi connectivity index (χ0n) is 13.8. The lowest BCUT2D eigenvalue weighted by Gasteiger charge is -2.43. The van der Waals surface area contributed by atoms with Crippen molar-refractivity contribution in [3.8, 4) is 0 Å². The predicted molar refractivity (Wildman–Crippen MR) is 98.1 cm³/mol. The van der Waals surface area contributed by atoms with E-state index in [-0.39, 0.29) is 5.60 Å². The van der Waals surface area contributed by atoms with Crippen molar-refractivity contribution >= 4 is 28.5 Å². The van der Waals surface area contributed by atoms with E-state index in [0.717, 1.165) is 44.9 Å². The second-order valence-electron chi connectivity index (χ2n) is 6.81. The molecule has 0 bridgehead atoms. The number of fused-ring (bicyclic) bond motifs is 4. The minimum absolute atomic E-state index is 0.213. The summed E-state index contributed by atoms with van der Waals surface area (Å²) in [5, 5.41) is 1.90. The van der Waals surface area contributed by atoms with E-state index in [9.17, 15) is 0 Å². The molecule has 0 aliphatic carbocycles. The fourth-order valence-electron chi connectivity index (χ4n) is 4.20. The van der Waals surface area contributed by atoms with Gasteiger partial charge in [0.1, 0.15) is 5.60 Å². The van der Waals surface area contributed by atoms with E-state index in [4.69, 9.17) is 16.3 Å². The number of piperidine rings is 1. The number of benzene rings is 1. The number of nitrogens with zero attached hydrogens (tertiary/aromatic N) is 3. The number of hydrogen-bond acceptors (Lipinski definition) is 4. The molecule has 3 aromatic rings. The van der Waals surface area contributed by atoms with Crippen molar-refractivity contribution in [1.29, 1.82) is 0 Å². The maximum atomic E-state index is 6.35. The molecule has 1 fully saturated rings. The van der Waals surface area contributed by atoms with E-state index < -0.39 is 0 Å². The Morgan fingerprint density at radius 1 is 1.12 bits per heavy atom. The maximum Gasteiger partial charge on any atom is 0.225 e. The zero-order valence-corrected chi connectivity index (χ0v) is 14.6. The summed E-state index contributed by atoms with van der Waals surface area (Å²) in [5.74, 6) is 0.743. The Labute approximate surface area is 151 Å². The number of halogens is 1. The van der Waals surface area contributed by atoms with Crippen molar-refractivity contribution in [2.45, 2.75) is 24.9 Å². The molecule has 5 nitrogen and oxygen atoms in total. The second-order valence-corrected chi connectivity index (χ2v) is 7.24. The molecular formula is C19H19ClN4O. The Morgan fingerprint density at radius 2 is 1.88 bits per heavy atom. The standard InChI is InChI=1S/C19H19ClN4O/c20-13-11-21-18(22-12-13)24-8-6-19(7-9-24)17-15(5-10-25-19)14-3-1-2-4-16(14)23-17/h1-4,11-12,23H,5-10H2. The number of rotatable bonds is 1. The first-order chi connectivity index (χ1) is 12.3. The normalized spacial score (nSPS) is 19.3. The van der Waals surface area contributed by atoms with Crippen molar-refractivity contribution in [3.63, 3.8) is 0 Å². The SMILES string of the molecule is Clc1cnc(N2CCC3(CC2)OCCc2c3[nH]c3ccccc23)nc1. The monoisotopic (exact) mass is 354 g/mol. The summed E-state index contributed by atoms with van der Waals surface area (Å²) < 4.78 is 6.35. The van der Waals surface area contributed by atoms with Gasteiger partial charge in [-0.2, -0.15) is 0 Å². The molecule has 5 rings (SSSR count). The van der Waals surface area contributed by atoms with E-state index in [1.54, 1.807) is 12.4 Å². The van der Waals surface area contributed by atoms with Gasteiger partial charge in [0, 0.05) is 24.0 Å². The van der Waals surface area contributed by atoms with Gasteiger partial charge in [-0.25, -0.2) is 9.97 Å². The Morgan fingerprint density at radius 3 is 2.68 bits per heavy atom. The highest BCUT2D eigenvalue weighted by atomic mass is 35.5. The number of aromatic amines is 1. The van der Waals surface area contributed by atoms with Gasteiger partial charge < -0.3 is 14.6 Å². The minimum atomic E-state index is -0.213. The number of anilines is 1. The average molecular weight is 355 g/mol. The molecule has 0 unspecified atom stereocenters. The summed E-state index contributed by atoms with van der Waals surface area (Å²) in [6.45, 7) is 2.53. The van der Waals surface area contributed by atoms with Crippen LogP contribution in [0.2, 0.25) is 5.02 Å². The molecule has 4 heterocycles. The zero-order chi connectivity index (χ0) is 16.9. The van der Waals surface area contributed by atoms with Crippen LogP contribution in [-0.4, -0.2) is 34.6 Å². The molecular weight excluding hydrogens is 336 g/mol. The van der Waals surface area contributed by atoms with Crippen LogP contribution in [0.4, 0.5) is 5.95 Å². The summed E-state index contributed by atoms with van der Waals surface area (Å²) in [7, 11) is 0. The number of H-pyrrole nitrogens is 1. The molecule has 2 aliphatic heterocycles. The van der Waals surface area contributed by atoms with E-state index in [1.807, 2.05) is 0 Å². The van der Waals surface area contributed by atoms with Crippen LogP contribution in [0.3, 0.4) is 0 Å². The first kappa shape index (κ1) is 15.2.